The maximum Gasteiger partial charge on any atom is 0.322 e. The van der Waals surface area contributed by atoms with Crippen molar-refractivity contribution in [3.8, 4) is 0 Å². The first-order chi connectivity index (χ1) is 13.5. The van der Waals surface area contributed by atoms with E-state index in [9.17, 15) is 9.59 Å². The van der Waals surface area contributed by atoms with Gasteiger partial charge in [-0.1, -0.05) is 29.8 Å². The lowest BCUT2D eigenvalue weighted by Crippen LogP contribution is -2.58. The van der Waals surface area contributed by atoms with Gasteiger partial charge in [-0.15, -0.1) is 0 Å². The molecule has 0 aliphatic carbocycles. The Hall–Kier alpha value is -3.42. The van der Waals surface area contributed by atoms with Gasteiger partial charge in [0.25, 0.3) is 0 Å². The summed E-state index contributed by atoms with van der Waals surface area (Å²) in [5.41, 5.74) is 4.28. The zero-order valence-electron chi connectivity index (χ0n) is 15.8. The quantitative estimate of drug-likeness (QED) is 0.732. The predicted molar refractivity (Wildman–Crippen MR) is 106 cm³/mol. The number of rotatable bonds is 3. The Morgan fingerprint density at radius 2 is 2.00 bits per heavy atom. The molecule has 0 unspecified atom stereocenters. The van der Waals surface area contributed by atoms with Gasteiger partial charge in [0.05, 0.1) is 0 Å². The largest absolute Gasteiger partial charge is 0.335 e. The summed E-state index contributed by atoms with van der Waals surface area (Å²) < 4.78 is 0. The van der Waals surface area contributed by atoms with Crippen LogP contribution in [-0.4, -0.2) is 56.3 Å². The molecule has 0 spiro atoms. The minimum Gasteiger partial charge on any atom is -0.335 e. The second-order valence-corrected chi connectivity index (χ2v) is 7.08. The number of aromatic nitrogens is 3. The summed E-state index contributed by atoms with van der Waals surface area (Å²) in [6, 6.07) is 12.6. The monoisotopic (exact) mass is 378 g/mol. The molecule has 1 aliphatic heterocycles. The molecular weight excluding hydrogens is 356 g/mol. The van der Waals surface area contributed by atoms with Gasteiger partial charge in [0.2, 0.25) is 5.91 Å². The van der Waals surface area contributed by atoms with E-state index in [1.807, 2.05) is 30.0 Å². The van der Waals surface area contributed by atoms with Crippen molar-refractivity contribution in [1.82, 2.24) is 25.2 Å². The third kappa shape index (κ3) is 3.53. The number of aryl methyl sites for hydroxylation is 1. The van der Waals surface area contributed by atoms with Gasteiger partial charge < -0.3 is 15.1 Å². The second kappa shape index (κ2) is 7.30. The fraction of sp³-hybridized carbons (Fsp3) is 0.300. The molecular formula is C20H22N6O2. The average Bonchev–Trinajstić information content (AvgIpc) is 3.13. The molecule has 8 nitrogen and oxygen atoms in total. The molecule has 144 valence electrons. The van der Waals surface area contributed by atoms with Gasteiger partial charge in [-0.25, -0.2) is 4.79 Å². The molecule has 0 radical (unpaired) electrons. The molecule has 4 rings (SSSR count). The molecule has 1 aromatic heterocycles. The first kappa shape index (κ1) is 18.0. The Balaban J connectivity index is 1.42. The van der Waals surface area contributed by atoms with Crippen molar-refractivity contribution in [2.75, 3.05) is 18.4 Å². The van der Waals surface area contributed by atoms with Crippen LogP contribution in [0.15, 0.2) is 42.5 Å². The topological polar surface area (TPSA) is 94.2 Å². The SMILES string of the molecule is Cc1cccc(CN2CCN(C(=O)Nc3ccc4n[nH]nc4c3)[C@H](C)C2=O)c1. The number of benzene rings is 2. The molecule has 2 heterocycles. The lowest BCUT2D eigenvalue weighted by molar-refractivity contribution is -0.139. The summed E-state index contributed by atoms with van der Waals surface area (Å²) in [6.07, 6.45) is 0. The smallest absolute Gasteiger partial charge is 0.322 e. The predicted octanol–water partition coefficient (Wildman–Crippen LogP) is 2.53. The standard InChI is InChI=1S/C20H22N6O2/c1-13-4-3-5-15(10-13)12-25-8-9-26(14(2)19(25)27)20(28)21-16-6-7-17-18(11-16)23-24-22-17/h3-7,10-11,14H,8-9,12H2,1-2H3,(H,21,28)(H,22,23,24)/t14-/m1/s1. The van der Waals surface area contributed by atoms with Crippen molar-refractivity contribution < 1.29 is 9.59 Å². The Morgan fingerprint density at radius 3 is 2.82 bits per heavy atom. The van der Waals surface area contributed by atoms with E-state index in [0.29, 0.717) is 30.8 Å². The molecule has 3 amide bonds. The highest BCUT2D eigenvalue weighted by atomic mass is 16.2. The van der Waals surface area contributed by atoms with Crippen LogP contribution >= 0.6 is 0 Å². The maximum absolute atomic E-state index is 12.8. The molecule has 2 aromatic carbocycles. The van der Waals surface area contributed by atoms with Crippen LogP contribution in [0.1, 0.15) is 18.1 Å². The van der Waals surface area contributed by atoms with Crippen LogP contribution in [-0.2, 0) is 11.3 Å². The number of hydrogen-bond donors (Lipinski definition) is 2. The highest BCUT2D eigenvalue weighted by Gasteiger charge is 2.34. The van der Waals surface area contributed by atoms with Crippen molar-refractivity contribution in [1.29, 1.82) is 0 Å². The third-order valence-corrected chi connectivity index (χ3v) is 5.03. The number of carbonyl (C=O) groups is 2. The highest BCUT2D eigenvalue weighted by Crippen LogP contribution is 2.19. The van der Waals surface area contributed by atoms with E-state index in [1.54, 1.807) is 30.0 Å². The first-order valence-electron chi connectivity index (χ1n) is 9.24. The van der Waals surface area contributed by atoms with E-state index < -0.39 is 6.04 Å². The van der Waals surface area contributed by atoms with Gasteiger partial charge in [0.15, 0.2) is 0 Å². The summed E-state index contributed by atoms with van der Waals surface area (Å²) >= 11 is 0. The number of nitrogens with zero attached hydrogens (tertiary/aromatic N) is 4. The molecule has 1 saturated heterocycles. The van der Waals surface area contributed by atoms with E-state index in [4.69, 9.17) is 0 Å². The fourth-order valence-corrected chi connectivity index (χ4v) is 3.51. The van der Waals surface area contributed by atoms with Crippen LogP contribution in [0, 0.1) is 6.92 Å². The van der Waals surface area contributed by atoms with Gasteiger partial charge in [-0.05, 0) is 37.6 Å². The maximum atomic E-state index is 12.8. The Morgan fingerprint density at radius 1 is 1.18 bits per heavy atom. The summed E-state index contributed by atoms with van der Waals surface area (Å²) in [4.78, 5) is 28.9. The van der Waals surface area contributed by atoms with E-state index in [1.165, 1.54) is 5.56 Å². The summed E-state index contributed by atoms with van der Waals surface area (Å²) in [7, 11) is 0. The Labute approximate surface area is 162 Å². The molecule has 3 aromatic rings. The lowest BCUT2D eigenvalue weighted by Gasteiger charge is -2.39. The van der Waals surface area contributed by atoms with Crippen molar-refractivity contribution in [2.24, 2.45) is 0 Å². The van der Waals surface area contributed by atoms with Crippen molar-refractivity contribution in [2.45, 2.75) is 26.4 Å². The second-order valence-electron chi connectivity index (χ2n) is 7.08. The van der Waals surface area contributed by atoms with Crippen LogP contribution in [0.4, 0.5) is 10.5 Å². The Kier molecular flexibility index (Phi) is 4.68. The van der Waals surface area contributed by atoms with Gasteiger partial charge >= 0.3 is 6.03 Å². The van der Waals surface area contributed by atoms with Crippen molar-refractivity contribution in [3.63, 3.8) is 0 Å². The molecule has 8 heteroatoms. The van der Waals surface area contributed by atoms with E-state index in [-0.39, 0.29) is 11.9 Å². The molecule has 1 atom stereocenters. The van der Waals surface area contributed by atoms with Crippen LogP contribution in [0.2, 0.25) is 0 Å². The minimum atomic E-state index is -0.519. The van der Waals surface area contributed by atoms with E-state index >= 15 is 0 Å². The molecule has 1 fully saturated rings. The number of carbonyl (C=O) groups excluding carboxylic acids is 2. The first-order valence-corrected chi connectivity index (χ1v) is 9.24. The van der Waals surface area contributed by atoms with Gasteiger partial charge in [0.1, 0.15) is 17.1 Å². The number of anilines is 1. The van der Waals surface area contributed by atoms with Gasteiger partial charge in [-0.2, -0.15) is 15.4 Å². The summed E-state index contributed by atoms with van der Waals surface area (Å²) in [6.45, 7) is 5.35. The minimum absolute atomic E-state index is 0.0464. The lowest BCUT2D eigenvalue weighted by atomic mass is 10.1. The number of urea groups is 1. The van der Waals surface area contributed by atoms with Gasteiger partial charge in [-0.3, -0.25) is 4.79 Å². The average molecular weight is 378 g/mol. The molecule has 2 N–H and O–H groups in total. The normalized spacial score (nSPS) is 17.2. The van der Waals surface area contributed by atoms with Crippen molar-refractivity contribution in [3.05, 3.63) is 53.6 Å². The fourth-order valence-electron chi connectivity index (χ4n) is 3.51. The third-order valence-electron chi connectivity index (χ3n) is 5.03. The summed E-state index contributed by atoms with van der Waals surface area (Å²) in [5.74, 6) is -0.0464. The van der Waals surface area contributed by atoms with Crippen LogP contribution in [0.5, 0.6) is 0 Å². The number of hydrogen-bond acceptors (Lipinski definition) is 4. The Bertz CT molecular complexity index is 1030. The number of amides is 3. The zero-order valence-corrected chi connectivity index (χ0v) is 15.8. The van der Waals surface area contributed by atoms with Crippen LogP contribution in [0.25, 0.3) is 11.0 Å². The summed E-state index contributed by atoms with van der Waals surface area (Å²) in [5, 5.41) is 13.4. The zero-order chi connectivity index (χ0) is 19.7. The molecule has 0 bridgehead atoms. The molecule has 28 heavy (non-hydrogen) atoms. The highest BCUT2D eigenvalue weighted by molar-refractivity contribution is 5.95. The molecule has 0 saturated carbocycles. The number of aromatic amines is 1. The van der Waals surface area contributed by atoms with Gasteiger partial charge in [0, 0.05) is 25.3 Å². The number of H-pyrrole nitrogens is 1. The molecule has 1 aliphatic rings. The number of fused-ring (bicyclic) bond motifs is 1. The number of nitrogens with one attached hydrogen (secondary N) is 2. The van der Waals surface area contributed by atoms with Crippen LogP contribution in [0.3, 0.4) is 0 Å². The van der Waals surface area contributed by atoms with E-state index in [0.717, 1.165) is 11.1 Å². The van der Waals surface area contributed by atoms with Crippen LogP contribution < -0.4 is 5.32 Å². The number of piperazine rings is 1. The van der Waals surface area contributed by atoms with Crippen molar-refractivity contribution >= 4 is 28.7 Å². The van der Waals surface area contributed by atoms with E-state index in [2.05, 4.69) is 26.8 Å².